The minimum atomic E-state index is 0.00968. The van der Waals surface area contributed by atoms with Gasteiger partial charge in [0, 0.05) is 9.35 Å². The number of aromatic nitrogens is 2. The Morgan fingerprint density at radius 1 is 1.26 bits per heavy atom. The molecule has 3 nitrogen and oxygen atoms in total. The van der Waals surface area contributed by atoms with E-state index in [0.717, 1.165) is 41.0 Å². The molecule has 0 amide bonds. The van der Waals surface area contributed by atoms with Gasteiger partial charge in [-0.2, -0.15) is 0 Å². The number of hydrogen-bond acceptors (Lipinski definition) is 4. The molecule has 0 atom stereocenters. The normalized spacial score (nSPS) is 12.8. The molecule has 6 heteroatoms. The van der Waals surface area contributed by atoms with Crippen LogP contribution in [0.1, 0.15) is 21.6 Å². The third-order valence-electron chi connectivity index (χ3n) is 4.14. The van der Waals surface area contributed by atoms with Gasteiger partial charge in [-0.05, 0) is 77.0 Å². The molecular weight excluding hydrogens is 392 g/mol. The summed E-state index contributed by atoms with van der Waals surface area (Å²) in [5.74, 6) is 0. The van der Waals surface area contributed by atoms with Crippen molar-refractivity contribution in [1.29, 1.82) is 0 Å². The van der Waals surface area contributed by atoms with Crippen molar-refractivity contribution in [2.45, 2.75) is 20.8 Å². The first-order valence-electron chi connectivity index (χ1n) is 7.14. The number of aryl methyl sites for hydroxylation is 2. The van der Waals surface area contributed by atoms with Gasteiger partial charge < -0.3 is 0 Å². The summed E-state index contributed by atoms with van der Waals surface area (Å²) in [6, 6.07) is 4.11. The van der Waals surface area contributed by atoms with Crippen molar-refractivity contribution < 1.29 is 0 Å². The van der Waals surface area contributed by atoms with Gasteiger partial charge in [0.1, 0.15) is 5.52 Å². The zero-order chi connectivity index (χ0) is 16.3. The fraction of sp³-hybridized carbons (Fsp3) is 0.176. The van der Waals surface area contributed by atoms with Gasteiger partial charge in [0.15, 0.2) is 4.96 Å². The number of rotatable bonds is 1. The first-order valence-corrected chi connectivity index (χ1v) is 9.63. The minimum absolute atomic E-state index is 0.00968. The van der Waals surface area contributed by atoms with Gasteiger partial charge in [-0.15, -0.1) is 11.3 Å². The largest absolute Gasteiger partial charge is 0.274 e. The SMILES string of the molecule is Cc1ccsc1/C=c1/sc2nc3c(Br)c(C)c(C)cc3n2c1=O. The average molecular weight is 405 g/mol. The van der Waals surface area contributed by atoms with Gasteiger partial charge in [-0.25, -0.2) is 9.38 Å². The van der Waals surface area contributed by atoms with Crippen LogP contribution in [0.3, 0.4) is 0 Å². The predicted octanol–water partition coefficient (Wildman–Crippen LogP) is 4.21. The Balaban J connectivity index is 2.10. The Morgan fingerprint density at radius 2 is 2.04 bits per heavy atom. The lowest BCUT2D eigenvalue weighted by Gasteiger charge is -2.03. The first kappa shape index (κ1) is 15.1. The van der Waals surface area contributed by atoms with Crippen LogP contribution in [-0.2, 0) is 0 Å². The lowest BCUT2D eigenvalue weighted by atomic mass is 10.1. The van der Waals surface area contributed by atoms with E-state index in [1.165, 1.54) is 16.9 Å². The smallest absolute Gasteiger partial charge is 0.267 e. The maximum absolute atomic E-state index is 12.8. The van der Waals surface area contributed by atoms with E-state index in [0.29, 0.717) is 0 Å². The van der Waals surface area contributed by atoms with E-state index in [-0.39, 0.29) is 5.56 Å². The zero-order valence-corrected chi connectivity index (χ0v) is 16.0. The standard InChI is InChI=1S/C17H13BrN2OS2/c1-8-4-5-22-12(8)7-13-16(21)20-11-6-9(2)10(3)14(18)15(11)19-17(20)23-13/h4-7H,1-3H3/b13-7+. The molecule has 1 aromatic carbocycles. The molecule has 0 saturated carbocycles. The number of hydrogen-bond donors (Lipinski definition) is 0. The lowest BCUT2D eigenvalue weighted by Crippen LogP contribution is -2.22. The number of thiophene rings is 1. The second kappa shape index (κ2) is 5.26. The molecular formula is C17H13BrN2OS2. The highest BCUT2D eigenvalue weighted by Crippen LogP contribution is 2.30. The highest BCUT2D eigenvalue weighted by Gasteiger charge is 2.16. The Bertz CT molecular complexity index is 1180. The third-order valence-corrected chi connectivity index (χ3v) is 7.05. The van der Waals surface area contributed by atoms with Gasteiger partial charge in [-0.3, -0.25) is 4.79 Å². The Labute approximate surface area is 149 Å². The number of nitrogens with zero attached hydrogens (tertiary/aromatic N) is 2. The number of thiazole rings is 1. The van der Waals surface area contributed by atoms with Crippen molar-refractivity contribution >= 4 is 60.7 Å². The summed E-state index contributed by atoms with van der Waals surface area (Å²) in [5.41, 5.74) is 5.25. The summed E-state index contributed by atoms with van der Waals surface area (Å²) in [5, 5.41) is 2.04. The summed E-state index contributed by atoms with van der Waals surface area (Å²) in [6.45, 7) is 6.17. The molecule has 116 valence electrons. The van der Waals surface area contributed by atoms with Crippen molar-refractivity contribution in [1.82, 2.24) is 9.38 Å². The van der Waals surface area contributed by atoms with Crippen LogP contribution in [0.4, 0.5) is 0 Å². The molecule has 0 saturated heterocycles. The highest BCUT2D eigenvalue weighted by molar-refractivity contribution is 9.10. The van der Waals surface area contributed by atoms with E-state index < -0.39 is 0 Å². The van der Waals surface area contributed by atoms with Crippen molar-refractivity contribution in [3.8, 4) is 0 Å². The van der Waals surface area contributed by atoms with E-state index in [1.54, 1.807) is 15.7 Å². The van der Waals surface area contributed by atoms with Crippen LogP contribution >= 0.6 is 38.6 Å². The van der Waals surface area contributed by atoms with Crippen LogP contribution in [0, 0.1) is 20.8 Å². The monoisotopic (exact) mass is 404 g/mol. The second-order valence-corrected chi connectivity index (χ2v) is 8.36. The van der Waals surface area contributed by atoms with Crippen LogP contribution in [0.2, 0.25) is 0 Å². The second-order valence-electron chi connectivity index (χ2n) is 5.61. The quantitative estimate of drug-likeness (QED) is 0.476. The van der Waals surface area contributed by atoms with Gasteiger partial charge in [0.05, 0.1) is 10.0 Å². The molecule has 3 heterocycles. The average Bonchev–Trinajstić information content (AvgIpc) is 3.16. The van der Waals surface area contributed by atoms with Crippen LogP contribution in [0.15, 0.2) is 26.8 Å². The summed E-state index contributed by atoms with van der Waals surface area (Å²) >= 11 is 6.71. The molecule has 0 spiro atoms. The topological polar surface area (TPSA) is 34.4 Å². The number of benzene rings is 1. The van der Waals surface area contributed by atoms with Crippen LogP contribution in [-0.4, -0.2) is 9.38 Å². The fourth-order valence-corrected chi connectivity index (χ4v) is 5.13. The summed E-state index contributed by atoms with van der Waals surface area (Å²) in [7, 11) is 0. The van der Waals surface area contributed by atoms with Crippen LogP contribution in [0.5, 0.6) is 0 Å². The van der Waals surface area contributed by atoms with E-state index in [2.05, 4.69) is 47.8 Å². The zero-order valence-electron chi connectivity index (χ0n) is 12.8. The van der Waals surface area contributed by atoms with Gasteiger partial charge >= 0.3 is 0 Å². The first-order chi connectivity index (χ1) is 11.0. The summed E-state index contributed by atoms with van der Waals surface area (Å²) in [4.78, 5) is 19.4. The van der Waals surface area contributed by atoms with E-state index in [1.807, 2.05) is 17.5 Å². The fourth-order valence-electron chi connectivity index (χ4n) is 2.63. The molecule has 0 radical (unpaired) electrons. The van der Waals surface area contributed by atoms with Crippen molar-refractivity contribution in [2.75, 3.05) is 0 Å². The van der Waals surface area contributed by atoms with E-state index in [9.17, 15) is 4.79 Å². The van der Waals surface area contributed by atoms with Crippen molar-refractivity contribution in [2.24, 2.45) is 0 Å². The van der Waals surface area contributed by atoms with E-state index >= 15 is 0 Å². The molecule has 4 aromatic rings. The Morgan fingerprint density at radius 3 is 2.74 bits per heavy atom. The number of fused-ring (bicyclic) bond motifs is 3. The van der Waals surface area contributed by atoms with Crippen LogP contribution < -0.4 is 10.1 Å². The van der Waals surface area contributed by atoms with Gasteiger partial charge in [0.2, 0.25) is 0 Å². The van der Waals surface area contributed by atoms with Crippen molar-refractivity contribution in [3.05, 3.63) is 58.4 Å². The molecule has 0 fully saturated rings. The Hall–Kier alpha value is -1.50. The molecule has 23 heavy (non-hydrogen) atoms. The van der Waals surface area contributed by atoms with Gasteiger partial charge in [-0.1, -0.05) is 11.3 Å². The molecule has 0 aliphatic heterocycles. The molecule has 0 N–H and O–H groups in total. The van der Waals surface area contributed by atoms with Crippen molar-refractivity contribution in [3.63, 3.8) is 0 Å². The predicted molar refractivity (Wildman–Crippen MR) is 102 cm³/mol. The number of imidazole rings is 1. The number of halogens is 1. The maximum atomic E-state index is 12.8. The molecule has 0 unspecified atom stereocenters. The molecule has 3 aromatic heterocycles. The van der Waals surface area contributed by atoms with E-state index in [4.69, 9.17) is 0 Å². The summed E-state index contributed by atoms with van der Waals surface area (Å²) < 4.78 is 3.43. The Kier molecular flexibility index (Phi) is 3.44. The van der Waals surface area contributed by atoms with Gasteiger partial charge in [0.25, 0.3) is 5.56 Å². The summed E-state index contributed by atoms with van der Waals surface area (Å²) in [6.07, 6.45) is 1.98. The maximum Gasteiger partial charge on any atom is 0.274 e. The molecule has 0 aliphatic rings. The minimum Gasteiger partial charge on any atom is -0.267 e. The highest BCUT2D eigenvalue weighted by atomic mass is 79.9. The molecule has 4 rings (SSSR count). The molecule has 0 bridgehead atoms. The van der Waals surface area contributed by atoms with Crippen LogP contribution in [0.25, 0.3) is 22.1 Å². The lowest BCUT2D eigenvalue weighted by molar-refractivity contribution is 1.18. The molecule has 0 aliphatic carbocycles. The third kappa shape index (κ3) is 2.20.